The van der Waals surface area contributed by atoms with Crippen LogP contribution in [0.1, 0.15) is 30.0 Å². The summed E-state index contributed by atoms with van der Waals surface area (Å²) in [6.45, 7) is 0.801. The van der Waals surface area contributed by atoms with Crippen molar-refractivity contribution >= 4 is 11.6 Å². The fourth-order valence-electron chi connectivity index (χ4n) is 2.49. The van der Waals surface area contributed by atoms with Crippen LogP contribution in [0.15, 0.2) is 48.5 Å². The van der Waals surface area contributed by atoms with E-state index in [9.17, 15) is 4.39 Å². The number of rotatable bonds is 5. The van der Waals surface area contributed by atoms with E-state index in [1.807, 2.05) is 36.4 Å². The fourth-order valence-corrected chi connectivity index (χ4v) is 2.61. The van der Waals surface area contributed by atoms with Gasteiger partial charge in [0.25, 0.3) is 0 Å². The van der Waals surface area contributed by atoms with E-state index in [4.69, 9.17) is 11.6 Å². The Labute approximate surface area is 123 Å². The molecule has 104 valence electrons. The monoisotopic (exact) mass is 289 g/mol. The van der Waals surface area contributed by atoms with Crippen molar-refractivity contribution in [2.24, 2.45) is 5.92 Å². The van der Waals surface area contributed by atoms with Gasteiger partial charge < -0.3 is 5.32 Å². The Morgan fingerprint density at radius 3 is 2.30 bits per heavy atom. The number of hydrogen-bond donors (Lipinski definition) is 1. The summed E-state index contributed by atoms with van der Waals surface area (Å²) in [6, 6.07) is 15.0. The first kappa shape index (κ1) is 13.6. The maximum absolute atomic E-state index is 13.0. The lowest BCUT2D eigenvalue weighted by atomic mass is 10.0. The molecule has 2 aromatic rings. The van der Waals surface area contributed by atoms with Gasteiger partial charge in [0.1, 0.15) is 5.82 Å². The smallest absolute Gasteiger partial charge is 0.123 e. The van der Waals surface area contributed by atoms with Gasteiger partial charge in [-0.1, -0.05) is 35.9 Å². The maximum Gasteiger partial charge on any atom is 0.123 e. The molecule has 1 aliphatic rings. The van der Waals surface area contributed by atoms with Gasteiger partial charge in [0.05, 0.1) is 0 Å². The summed E-state index contributed by atoms with van der Waals surface area (Å²) in [7, 11) is 0. The van der Waals surface area contributed by atoms with Crippen LogP contribution in [0.25, 0.3) is 0 Å². The molecule has 1 atom stereocenters. The third-order valence-corrected chi connectivity index (χ3v) is 4.01. The Hall–Kier alpha value is -1.38. The molecular weight excluding hydrogens is 273 g/mol. The van der Waals surface area contributed by atoms with Gasteiger partial charge in [0.15, 0.2) is 0 Å². The van der Waals surface area contributed by atoms with Crippen LogP contribution in [0.3, 0.4) is 0 Å². The normalized spacial score (nSPS) is 16.1. The molecule has 1 saturated carbocycles. The van der Waals surface area contributed by atoms with Crippen LogP contribution in [0, 0.1) is 11.7 Å². The van der Waals surface area contributed by atoms with Gasteiger partial charge in [-0.15, -0.1) is 0 Å². The third-order valence-electron chi connectivity index (χ3n) is 3.76. The summed E-state index contributed by atoms with van der Waals surface area (Å²) in [4.78, 5) is 0. The molecule has 1 nitrogen and oxygen atoms in total. The number of nitrogens with one attached hydrogen (secondary N) is 1. The molecule has 3 rings (SSSR count). The molecular formula is C17H17ClFN. The van der Waals surface area contributed by atoms with Crippen LogP contribution < -0.4 is 5.32 Å². The molecule has 1 aliphatic carbocycles. The average molecular weight is 290 g/mol. The average Bonchev–Trinajstić information content (AvgIpc) is 3.28. The Balaban J connectivity index is 1.68. The molecule has 2 aromatic carbocycles. The lowest BCUT2D eigenvalue weighted by Crippen LogP contribution is -2.22. The van der Waals surface area contributed by atoms with Gasteiger partial charge in [0.2, 0.25) is 0 Å². The SMILES string of the molecule is Fc1ccc(C(NCc2ccc(Cl)cc2)C2CC2)cc1. The second-order valence-corrected chi connectivity index (χ2v) is 5.81. The number of halogens is 2. The van der Waals surface area contributed by atoms with Crippen molar-refractivity contribution in [3.63, 3.8) is 0 Å². The lowest BCUT2D eigenvalue weighted by Gasteiger charge is -2.19. The van der Waals surface area contributed by atoms with Crippen molar-refractivity contribution in [1.82, 2.24) is 5.32 Å². The van der Waals surface area contributed by atoms with Gasteiger partial charge >= 0.3 is 0 Å². The van der Waals surface area contributed by atoms with Crippen molar-refractivity contribution in [1.29, 1.82) is 0 Å². The largest absolute Gasteiger partial charge is 0.306 e. The van der Waals surface area contributed by atoms with Crippen LogP contribution in [0.5, 0.6) is 0 Å². The van der Waals surface area contributed by atoms with Crippen LogP contribution in [0.2, 0.25) is 5.02 Å². The van der Waals surface area contributed by atoms with E-state index in [2.05, 4.69) is 5.32 Å². The van der Waals surface area contributed by atoms with Gasteiger partial charge in [-0.2, -0.15) is 0 Å². The first-order chi connectivity index (χ1) is 9.72. The quantitative estimate of drug-likeness (QED) is 0.840. The lowest BCUT2D eigenvalue weighted by molar-refractivity contribution is 0.479. The first-order valence-corrected chi connectivity index (χ1v) is 7.33. The highest BCUT2D eigenvalue weighted by Gasteiger charge is 2.31. The zero-order valence-corrected chi connectivity index (χ0v) is 11.9. The van der Waals surface area contributed by atoms with Crippen molar-refractivity contribution in [3.8, 4) is 0 Å². The molecule has 0 radical (unpaired) electrons. The Morgan fingerprint density at radius 2 is 1.70 bits per heavy atom. The molecule has 0 aliphatic heterocycles. The van der Waals surface area contributed by atoms with Gasteiger partial charge in [-0.3, -0.25) is 0 Å². The minimum absolute atomic E-state index is 0.180. The molecule has 1 fully saturated rings. The molecule has 20 heavy (non-hydrogen) atoms. The van der Waals surface area contributed by atoms with Crippen molar-refractivity contribution in [2.45, 2.75) is 25.4 Å². The summed E-state index contributed by atoms with van der Waals surface area (Å²) < 4.78 is 13.0. The molecule has 0 aromatic heterocycles. The van der Waals surface area contributed by atoms with E-state index in [0.29, 0.717) is 12.0 Å². The summed E-state index contributed by atoms with van der Waals surface area (Å²) in [6.07, 6.45) is 2.49. The summed E-state index contributed by atoms with van der Waals surface area (Å²) in [5.74, 6) is 0.494. The minimum Gasteiger partial charge on any atom is -0.306 e. The highest BCUT2D eigenvalue weighted by Crippen LogP contribution is 2.41. The topological polar surface area (TPSA) is 12.0 Å². The molecule has 0 saturated heterocycles. The predicted molar refractivity (Wildman–Crippen MR) is 80.2 cm³/mol. The zero-order valence-electron chi connectivity index (χ0n) is 11.2. The first-order valence-electron chi connectivity index (χ1n) is 6.95. The van der Waals surface area contributed by atoms with Gasteiger partial charge in [-0.05, 0) is 54.2 Å². The second-order valence-electron chi connectivity index (χ2n) is 5.37. The summed E-state index contributed by atoms with van der Waals surface area (Å²) in [5.41, 5.74) is 2.38. The minimum atomic E-state index is -0.180. The van der Waals surface area contributed by atoms with E-state index >= 15 is 0 Å². The van der Waals surface area contributed by atoms with Gasteiger partial charge in [-0.25, -0.2) is 4.39 Å². The molecule has 0 bridgehead atoms. The number of hydrogen-bond acceptors (Lipinski definition) is 1. The second kappa shape index (κ2) is 5.94. The third kappa shape index (κ3) is 3.38. The summed E-state index contributed by atoms with van der Waals surface area (Å²) in [5, 5.41) is 4.34. The summed E-state index contributed by atoms with van der Waals surface area (Å²) >= 11 is 5.89. The molecule has 3 heteroatoms. The highest BCUT2D eigenvalue weighted by molar-refractivity contribution is 6.30. The van der Waals surface area contributed by atoms with E-state index in [-0.39, 0.29) is 5.82 Å². The predicted octanol–water partition coefficient (Wildman–Crippen LogP) is 4.72. The van der Waals surface area contributed by atoms with Crippen LogP contribution >= 0.6 is 11.6 Å². The van der Waals surface area contributed by atoms with E-state index < -0.39 is 0 Å². The molecule has 0 spiro atoms. The molecule has 1 unspecified atom stereocenters. The molecule has 1 N–H and O–H groups in total. The van der Waals surface area contributed by atoms with Gasteiger partial charge in [0, 0.05) is 17.6 Å². The van der Waals surface area contributed by atoms with Crippen LogP contribution in [-0.2, 0) is 6.54 Å². The zero-order chi connectivity index (χ0) is 13.9. The van der Waals surface area contributed by atoms with Crippen molar-refractivity contribution < 1.29 is 4.39 Å². The standard InChI is InChI=1S/C17H17ClFN/c18-15-7-1-12(2-8-15)11-20-17(13-3-4-13)14-5-9-16(19)10-6-14/h1-2,5-10,13,17,20H,3-4,11H2. The van der Waals surface area contributed by atoms with Crippen LogP contribution in [0.4, 0.5) is 4.39 Å². The maximum atomic E-state index is 13.0. The Morgan fingerprint density at radius 1 is 1.05 bits per heavy atom. The van der Waals surface area contributed by atoms with E-state index in [1.165, 1.54) is 36.1 Å². The number of benzene rings is 2. The van der Waals surface area contributed by atoms with Crippen molar-refractivity contribution in [2.75, 3.05) is 0 Å². The fraction of sp³-hybridized carbons (Fsp3) is 0.294. The van der Waals surface area contributed by atoms with Crippen molar-refractivity contribution in [3.05, 3.63) is 70.5 Å². The molecule has 0 amide bonds. The Kier molecular flexibility index (Phi) is 4.04. The van der Waals surface area contributed by atoms with E-state index in [1.54, 1.807) is 0 Å². The highest BCUT2D eigenvalue weighted by atomic mass is 35.5. The van der Waals surface area contributed by atoms with Crippen LogP contribution in [-0.4, -0.2) is 0 Å². The molecule has 0 heterocycles. The Bertz CT molecular complexity index is 561. The van der Waals surface area contributed by atoms with E-state index in [0.717, 1.165) is 11.6 Å².